The molecule has 1 aromatic carbocycles. The van der Waals surface area contributed by atoms with Gasteiger partial charge in [-0.05, 0) is 37.5 Å². The Morgan fingerprint density at radius 1 is 1.40 bits per heavy atom. The minimum atomic E-state index is -0.591. The van der Waals surface area contributed by atoms with Crippen LogP contribution in [0.15, 0.2) is 24.3 Å². The third-order valence-corrected chi connectivity index (χ3v) is 4.08. The van der Waals surface area contributed by atoms with Crippen LogP contribution in [0.25, 0.3) is 0 Å². The molecule has 1 unspecified atom stereocenters. The van der Waals surface area contributed by atoms with E-state index in [2.05, 4.69) is 5.32 Å². The zero-order chi connectivity index (χ0) is 14.6. The third-order valence-electron chi connectivity index (χ3n) is 3.83. The zero-order valence-electron chi connectivity index (χ0n) is 11.6. The van der Waals surface area contributed by atoms with Crippen molar-refractivity contribution in [3.05, 3.63) is 34.9 Å². The normalized spacial score (nSPS) is 19.4. The highest BCUT2D eigenvalue weighted by Gasteiger charge is 2.41. The van der Waals surface area contributed by atoms with Gasteiger partial charge in [-0.3, -0.25) is 4.79 Å². The van der Waals surface area contributed by atoms with Crippen LogP contribution in [0, 0.1) is 0 Å². The summed E-state index contributed by atoms with van der Waals surface area (Å²) in [4.78, 5) is 12.7. The van der Waals surface area contributed by atoms with Gasteiger partial charge in [-0.25, -0.2) is 0 Å². The summed E-state index contributed by atoms with van der Waals surface area (Å²) >= 11 is 5.92. The molecule has 1 aromatic rings. The number of hydrogen-bond acceptors (Lipinski definition) is 3. The topological polar surface area (TPSA) is 58.6 Å². The van der Waals surface area contributed by atoms with E-state index in [0.717, 1.165) is 5.56 Å². The molecule has 1 heterocycles. The Morgan fingerprint density at radius 3 is 2.55 bits per heavy atom. The maximum Gasteiger partial charge on any atom is 0.231 e. The van der Waals surface area contributed by atoms with Crippen molar-refractivity contribution >= 4 is 17.5 Å². The first-order valence-corrected chi connectivity index (χ1v) is 7.22. The predicted molar refractivity (Wildman–Crippen MR) is 77.9 cm³/mol. The van der Waals surface area contributed by atoms with E-state index in [1.807, 2.05) is 12.1 Å². The smallest absolute Gasteiger partial charge is 0.231 e. The summed E-state index contributed by atoms with van der Waals surface area (Å²) in [5.74, 6) is -0.0512. The highest BCUT2D eigenvalue weighted by atomic mass is 35.5. The average Bonchev–Trinajstić information content (AvgIpc) is 2.48. The first-order chi connectivity index (χ1) is 9.58. The summed E-state index contributed by atoms with van der Waals surface area (Å²) in [5, 5.41) is 12.6. The van der Waals surface area contributed by atoms with Gasteiger partial charge in [0, 0.05) is 24.3 Å². The molecule has 1 atom stereocenters. The van der Waals surface area contributed by atoms with Crippen LogP contribution in [0.5, 0.6) is 0 Å². The molecule has 0 spiro atoms. The van der Waals surface area contributed by atoms with Crippen molar-refractivity contribution in [3.8, 4) is 0 Å². The molecular formula is C15H20ClNO3. The number of benzene rings is 1. The number of rotatable bonds is 4. The van der Waals surface area contributed by atoms with Gasteiger partial charge < -0.3 is 15.2 Å². The summed E-state index contributed by atoms with van der Waals surface area (Å²) in [6.45, 7) is 2.83. The molecule has 1 aliphatic rings. The van der Waals surface area contributed by atoms with E-state index >= 15 is 0 Å². The number of carbonyl (C=O) groups is 1. The average molecular weight is 298 g/mol. The van der Waals surface area contributed by atoms with Crippen LogP contribution in [-0.2, 0) is 14.9 Å². The highest BCUT2D eigenvalue weighted by molar-refractivity contribution is 6.30. The summed E-state index contributed by atoms with van der Waals surface area (Å²) in [6, 6.07) is 7.15. The lowest BCUT2D eigenvalue weighted by Gasteiger charge is -2.37. The number of carbonyl (C=O) groups excluding carboxylic acids is 1. The fraction of sp³-hybridized carbons (Fsp3) is 0.533. The van der Waals surface area contributed by atoms with Crippen molar-refractivity contribution in [3.63, 3.8) is 0 Å². The largest absolute Gasteiger partial charge is 0.394 e. The van der Waals surface area contributed by atoms with E-state index in [1.165, 1.54) is 0 Å². The van der Waals surface area contributed by atoms with Crippen LogP contribution in [0.4, 0.5) is 0 Å². The van der Waals surface area contributed by atoms with Crippen LogP contribution in [-0.4, -0.2) is 36.9 Å². The first-order valence-electron chi connectivity index (χ1n) is 6.84. The van der Waals surface area contributed by atoms with Crippen molar-refractivity contribution in [2.45, 2.75) is 31.2 Å². The molecule has 2 N–H and O–H groups in total. The van der Waals surface area contributed by atoms with Gasteiger partial charge in [-0.15, -0.1) is 0 Å². The van der Waals surface area contributed by atoms with Crippen molar-refractivity contribution in [2.75, 3.05) is 19.8 Å². The highest BCUT2D eigenvalue weighted by Crippen LogP contribution is 2.35. The maximum absolute atomic E-state index is 12.7. The van der Waals surface area contributed by atoms with Crippen LogP contribution < -0.4 is 5.32 Å². The Bertz CT molecular complexity index is 455. The summed E-state index contributed by atoms with van der Waals surface area (Å²) in [7, 11) is 0. The van der Waals surface area contributed by atoms with Gasteiger partial charge in [-0.1, -0.05) is 23.7 Å². The van der Waals surface area contributed by atoms with Gasteiger partial charge in [0.25, 0.3) is 0 Å². The second-order valence-corrected chi connectivity index (χ2v) is 5.69. The first kappa shape index (κ1) is 15.3. The number of ether oxygens (including phenoxy) is 1. The van der Waals surface area contributed by atoms with Crippen LogP contribution in [0.3, 0.4) is 0 Å². The van der Waals surface area contributed by atoms with Crippen molar-refractivity contribution < 1.29 is 14.6 Å². The summed E-state index contributed by atoms with van der Waals surface area (Å²) in [5.41, 5.74) is 0.361. The molecule has 1 aliphatic heterocycles. The van der Waals surface area contributed by atoms with E-state index in [1.54, 1.807) is 19.1 Å². The quantitative estimate of drug-likeness (QED) is 0.892. The number of aliphatic hydroxyl groups is 1. The Hall–Kier alpha value is -1.10. The predicted octanol–water partition coefficient (Wildman–Crippen LogP) is 1.89. The monoisotopic (exact) mass is 297 g/mol. The van der Waals surface area contributed by atoms with E-state index < -0.39 is 5.41 Å². The number of hydrogen-bond donors (Lipinski definition) is 2. The summed E-state index contributed by atoms with van der Waals surface area (Å²) < 4.78 is 5.40. The van der Waals surface area contributed by atoms with Crippen LogP contribution in [0.1, 0.15) is 25.3 Å². The minimum absolute atomic E-state index is 0.0512. The van der Waals surface area contributed by atoms with Crippen LogP contribution in [0.2, 0.25) is 5.02 Å². The lowest BCUT2D eigenvalue weighted by Crippen LogP contribution is -2.51. The Labute approximate surface area is 124 Å². The third kappa shape index (κ3) is 3.14. The fourth-order valence-corrected chi connectivity index (χ4v) is 2.67. The summed E-state index contributed by atoms with van der Waals surface area (Å²) in [6.07, 6.45) is 1.28. The fourth-order valence-electron chi connectivity index (χ4n) is 2.54. The molecule has 0 bridgehead atoms. The maximum atomic E-state index is 12.7. The molecule has 0 radical (unpaired) electrons. The van der Waals surface area contributed by atoms with E-state index in [9.17, 15) is 4.79 Å². The van der Waals surface area contributed by atoms with Crippen molar-refractivity contribution in [1.82, 2.24) is 5.32 Å². The number of aliphatic hydroxyl groups excluding tert-OH is 1. The van der Waals surface area contributed by atoms with Crippen LogP contribution >= 0.6 is 11.6 Å². The van der Waals surface area contributed by atoms with Gasteiger partial charge in [0.2, 0.25) is 5.91 Å². The molecule has 2 rings (SSSR count). The molecule has 0 saturated carbocycles. The van der Waals surface area contributed by atoms with Gasteiger partial charge >= 0.3 is 0 Å². The Balaban J connectivity index is 2.29. The molecular weight excluding hydrogens is 278 g/mol. The number of halogens is 1. The molecule has 1 amide bonds. The SMILES string of the molecule is CC(CO)NC(=O)C1(c2ccc(Cl)cc2)CCOCC1. The molecule has 1 fully saturated rings. The Kier molecular flexibility index (Phi) is 5.02. The Morgan fingerprint density at radius 2 is 2.00 bits per heavy atom. The second-order valence-electron chi connectivity index (χ2n) is 5.26. The molecule has 0 aliphatic carbocycles. The number of nitrogens with one attached hydrogen (secondary N) is 1. The molecule has 4 nitrogen and oxygen atoms in total. The van der Waals surface area contributed by atoms with Gasteiger partial charge in [0.1, 0.15) is 0 Å². The molecule has 110 valence electrons. The standard InChI is InChI=1S/C15H20ClNO3/c1-11(10-18)17-14(19)15(6-8-20-9-7-15)12-2-4-13(16)5-3-12/h2-5,11,18H,6-10H2,1H3,(H,17,19). The molecule has 20 heavy (non-hydrogen) atoms. The zero-order valence-corrected chi connectivity index (χ0v) is 12.3. The lowest BCUT2D eigenvalue weighted by atomic mass is 9.73. The van der Waals surface area contributed by atoms with Gasteiger partial charge in [0.15, 0.2) is 0 Å². The van der Waals surface area contributed by atoms with Gasteiger partial charge in [-0.2, -0.15) is 0 Å². The molecule has 0 aromatic heterocycles. The second kappa shape index (κ2) is 6.57. The molecule has 1 saturated heterocycles. The van der Waals surface area contributed by atoms with E-state index in [4.69, 9.17) is 21.4 Å². The van der Waals surface area contributed by atoms with Crippen molar-refractivity contribution in [1.29, 1.82) is 0 Å². The van der Waals surface area contributed by atoms with Gasteiger partial charge in [0.05, 0.1) is 12.0 Å². The molecule has 5 heteroatoms. The van der Waals surface area contributed by atoms with E-state index in [0.29, 0.717) is 31.1 Å². The van der Waals surface area contributed by atoms with E-state index in [-0.39, 0.29) is 18.6 Å². The minimum Gasteiger partial charge on any atom is -0.394 e. The lowest BCUT2D eigenvalue weighted by molar-refractivity contribution is -0.131. The number of amides is 1. The van der Waals surface area contributed by atoms with Crippen molar-refractivity contribution in [2.24, 2.45) is 0 Å².